The summed E-state index contributed by atoms with van der Waals surface area (Å²) in [5.41, 5.74) is 1.01. The van der Waals surface area contributed by atoms with Gasteiger partial charge >= 0.3 is 7.82 Å². The van der Waals surface area contributed by atoms with E-state index >= 15 is 0 Å². The number of hydrogen-bond donors (Lipinski definition) is 2. The first-order valence-corrected chi connectivity index (χ1v) is 15.8. The molecule has 2 atom stereocenters. The first kappa shape index (κ1) is 33.8. The topological polar surface area (TPSA) is 94.1 Å². The summed E-state index contributed by atoms with van der Waals surface area (Å²) in [6.45, 7) is 5.26. The Morgan fingerprint density at radius 1 is 0.946 bits per heavy atom. The smallest absolute Gasteiger partial charge is 0.472 e. The van der Waals surface area contributed by atoms with Crippen LogP contribution in [0.2, 0.25) is 0 Å². The molecular formula is C29H52NO6P. The summed E-state index contributed by atoms with van der Waals surface area (Å²) in [5, 5.41) is 2.95. The monoisotopic (exact) mass is 541 g/mol. The molecule has 0 amide bonds. The number of hydrogen-bond acceptors (Lipinski definition) is 6. The van der Waals surface area contributed by atoms with Gasteiger partial charge in [0.1, 0.15) is 11.5 Å². The minimum Gasteiger partial charge on any atom is -0.494 e. The zero-order valence-corrected chi connectivity index (χ0v) is 24.4. The first-order chi connectivity index (χ1) is 17.9. The Balaban J connectivity index is 2.34. The van der Waals surface area contributed by atoms with Crippen LogP contribution < -0.4 is 10.1 Å². The van der Waals surface area contributed by atoms with E-state index in [0.717, 1.165) is 17.7 Å². The fourth-order valence-corrected chi connectivity index (χ4v) is 5.15. The van der Waals surface area contributed by atoms with Crippen LogP contribution in [-0.4, -0.2) is 44.1 Å². The van der Waals surface area contributed by atoms with Crippen LogP contribution in [0.15, 0.2) is 24.3 Å². The van der Waals surface area contributed by atoms with E-state index in [9.17, 15) is 14.3 Å². The Morgan fingerprint density at radius 3 is 2.22 bits per heavy atom. The summed E-state index contributed by atoms with van der Waals surface area (Å²) in [4.78, 5) is 21.7. The highest BCUT2D eigenvalue weighted by atomic mass is 31.2. The Bertz CT molecular complexity index is 760. The highest BCUT2D eigenvalue weighted by Crippen LogP contribution is 2.44. The number of nitrogens with one attached hydrogen (secondary N) is 1. The first-order valence-electron chi connectivity index (χ1n) is 14.3. The quantitative estimate of drug-likeness (QED) is 0.0994. The largest absolute Gasteiger partial charge is 0.494 e. The van der Waals surface area contributed by atoms with Gasteiger partial charge in [0.25, 0.3) is 0 Å². The molecule has 1 rings (SSSR count). The molecule has 0 fully saturated rings. The summed E-state index contributed by atoms with van der Waals surface area (Å²) < 4.78 is 28.3. The molecule has 0 radical (unpaired) electrons. The molecule has 2 unspecified atom stereocenters. The number of ketones is 1. The number of carbonyl (C=O) groups is 1. The number of Topliss-reactive ketones (excluding diaryl/α,β-unsaturated/α-hetero) is 1. The van der Waals surface area contributed by atoms with E-state index in [2.05, 4.69) is 12.2 Å². The number of ether oxygens (including phenoxy) is 1. The second kappa shape index (κ2) is 21.7. The van der Waals surface area contributed by atoms with Crippen molar-refractivity contribution in [3.63, 3.8) is 0 Å². The molecule has 7 nitrogen and oxygen atoms in total. The van der Waals surface area contributed by atoms with Gasteiger partial charge in [-0.1, -0.05) is 83.3 Å². The lowest BCUT2D eigenvalue weighted by Gasteiger charge is -2.19. The molecule has 0 spiro atoms. The van der Waals surface area contributed by atoms with Gasteiger partial charge in [0.15, 0.2) is 0 Å². The number of benzene rings is 1. The van der Waals surface area contributed by atoms with Crippen LogP contribution in [0.3, 0.4) is 0 Å². The van der Waals surface area contributed by atoms with E-state index in [-0.39, 0.29) is 31.3 Å². The average Bonchev–Trinajstić information content (AvgIpc) is 2.86. The summed E-state index contributed by atoms with van der Waals surface area (Å²) in [7, 11) is -2.34. The van der Waals surface area contributed by atoms with E-state index < -0.39 is 7.82 Å². The van der Waals surface area contributed by atoms with Crippen molar-refractivity contribution in [1.29, 1.82) is 0 Å². The van der Waals surface area contributed by atoms with Crippen LogP contribution in [0.4, 0.5) is 0 Å². The van der Waals surface area contributed by atoms with Crippen LogP contribution in [0.1, 0.15) is 103 Å². The normalized spacial score (nSPS) is 13.8. The lowest BCUT2D eigenvalue weighted by molar-refractivity contribution is -0.118. The van der Waals surface area contributed by atoms with Crippen molar-refractivity contribution in [1.82, 2.24) is 5.32 Å². The minimum absolute atomic E-state index is 0.0141. The van der Waals surface area contributed by atoms with Crippen molar-refractivity contribution >= 4 is 13.6 Å². The molecule has 0 aromatic heterocycles. The summed E-state index contributed by atoms with van der Waals surface area (Å²) in [6.07, 6.45) is 15.8. The maximum atomic E-state index is 12.2. The fraction of sp³-hybridized carbons (Fsp3) is 0.759. The molecular weight excluding hydrogens is 489 g/mol. The van der Waals surface area contributed by atoms with Crippen LogP contribution in [0.5, 0.6) is 5.75 Å². The summed E-state index contributed by atoms with van der Waals surface area (Å²) >= 11 is 0. The lowest BCUT2D eigenvalue weighted by Crippen LogP contribution is -2.16. The zero-order chi connectivity index (χ0) is 27.2. The van der Waals surface area contributed by atoms with Crippen molar-refractivity contribution in [3.8, 4) is 5.75 Å². The molecule has 0 aliphatic carbocycles. The maximum Gasteiger partial charge on any atom is 0.472 e. The molecule has 0 aliphatic heterocycles. The number of rotatable bonds is 25. The lowest BCUT2D eigenvalue weighted by atomic mass is 9.95. The fourth-order valence-electron chi connectivity index (χ4n) is 4.31. The third-order valence-corrected chi connectivity index (χ3v) is 7.30. The van der Waals surface area contributed by atoms with Crippen molar-refractivity contribution in [2.24, 2.45) is 5.92 Å². The Hall–Kier alpha value is -1.24. The van der Waals surface area contributed by atoms with E-state index in [1.54, 1.807) is 7.05 Å². The predicted molar refractivity (Wildman–Crippen MR) is 151 cm³/mol. The van der Waals surface area contributed by atoms with Crippen LogP contribution in [0, 0.1) is 5.92 Å². The third kappa shape index (κ3) is 19.5. The number of carbonyl (C=O) groups excluding carboxylic acids is 1. The Morgan fingerprint density at radius 2 is 1.59 bits per heavy atom. The van der Waals surface area contributed by atoms with Gasteiger partial charge < -0.3 is 19.7 Å². The van der Waals surface area contributed by atoms with E-state index in [4.69, 9.17) is 13.8 Å². The van der Waals surface area contributed by atoms with Gasteiger partial charge in [0.2, 0.25) is 0 Å². The van der Waals surface area contributed by atoms with Gasteiger partial charge in [-0.25, -0.2) is 4.57 Å². The summed E-state index contributed by atoms with van der Waals surface area (Å²) in [6, 6.07) is 7.85. The highest BCUT2D eigenvalue weighted by molar-refractivity contribution is 7.47. The number of phosphoric ester groups is 1. The molecule has 2 N–H and O–H groups in total. The molecule has 0 heterocycles. The maximum absolute atomic E-state index is 12.2. The molecule has 0 saturated heterocycles. The molecule has 37 heavy (non-hydrogen) atoms. The van der Waals surface area contributed by atoms with Crippen LogP contribution in [0.25, 0.3) is 0 Å². The van der Waals surface area contributed by atoms with Gasteiger partial charge in [-0.2, -0.15) is 0 Å². The van der Waals surface area contributed by atoms with Gasteiger partial charge in [0.05, 0.1) is 19.8 Å². The van der Waals surface area contributed by atoms with Crippen LogP contribution >= 0.6 is 7.82 Å². The SMILES string of the molecule is CCCCCCCCCCCCCOc1cccc(CC(COP(=O)(O)OCCCNC)CC(C)=O)c1. The predicted octanol–water partition coefficient (Wildman–Crippen LogP) is 7.26. The second-order valence-electron chi connectivity index (χ2n) is 10.1. The molecule has 0 aliphatic rings. The molecule has 0 saturated carbocycles. The summed E-state index contributed by atoms with van der Waals surface area (Å²) in [5.74, 6) is 0.605. The van der Waals surface area contributed by atoms with Gasteiger partial charge in [-0.05, 0) is 63.4 Å². The van der Waals surface area contributed by atoms with Crippen molar-refractivity contribution in [2.45, 2.75) is 104 Å². The third-order valence-electron chi connectivity index (χ3n) is 6.31. The molecule has 214 valence electrons. The standard InChI is InChI=1S/C29H52NO6P/c1-4-5-6-7-8-9-10-11-12-13-14-20-34-29-18-15-17-27(24-29)23-28(22-26(2)31)25-36-37(32,33)35-21-16-19-30-3/h15,17-18,24,28,30H,4-14,16,19-23,25H2,1-3H3,(H,32,33). The van der Waals surface area contributed by atoms with Gasteiger partial charge in [0, 0.05) is 6.42 Å². The molecule has 8 heteroatoms. The zero-order valence-electron chi connectivity index (χ0n) is 23.6. The Labute approximate surface area is 225 Å². The Kier molecular flexibility index (Phi) is 19.8. The average molecular weight is 542 g/mol. The molecule has 1 aromatic rings. The molecule has 1 aromatic carbocycles. The van der Waals surface area contributed by atoms with Crippen molar-refractivity contribution in [2.75, 3.05) is 33.4 Å². The molecule has 0 bridgehead atoms. The van der Waals surface area contributed by atoms with Crippen LogP contribution in [-0.2, 0) is 24.8 Å². The van der Waals surface area contributed by atoms with Gasteiger partial charge in [-0.15, -0.1) is 0 Å². The second-order valence-corrected chi connectivity index (χ2v) is 11.5. The minimum atomic E-state index is -4.15. The van der Waals surface area contributed by atoms with Gasteiger partial charge in [-0.3, -0.25) is 9.05 Å². The van der Waals surface area contributed by atoms with Crippen molar-refractivity contribution in [3.05, 3.63) is 29.8 Å². The number of unbranched alkanes of at least 4 members (excludes halogenated alkanes) is 10. The number of phosphoric acid groups is 1. The van der Waals surface area contributed by atoms with E-state index in [0.29, 0.717) is 26.0 Å². The van der Waals surface area contributed by atoms with Crippen molar-refractivity contribution < 1.29 is 28.0 Å². The van der Waals surface area contributed by atoms with E-state index in [1.807, 2.05) is 24.3 Å². The highest BCUT2D eigenvalue weighted by Gasteiger charge is 2.24. The van der Waals surface area contributed by atoms with E-state index in [1.165, 1.54) is 71.1 Å².